The van der Waals surface area contributed by atoms with E-state index in [1.165, 1.54) is 24.4 Å². The lowest BCUT2D eigenvalue weighted by molar-refractivity contribution is 0.102. The number of hydrogen-bond acceptors (Lipinski definition) is 4. The molecular weight excluding hydrogens is 374 g/mol. The van der Waals surface area contributed by atoms with Crippen LogP contribution in [0.2, 0.25) is 0 Å². The fourth-order valence-electron chi connectivity index (χ4n) is 1.64. The third kappa shape index (κ3) is 3.23. The first kappa shape index (κ1) is 14.7. The van der Waals surface area contributed by atoms with Gasteiger partial charge in [-0.25, -0.2) is 4.39 Å². The fourth-order valence-corrected chi connectivity index (χ4v) is 2.25. The molecule has 2 rings (SSSR count). The number of hydrazine groups is 1. The van der Waals surface area contributed by atoms with Gasteiger partial charge in [0.2, 0.25) is 0 Å². The maximum atomic E-state index is 13.0. The molecule has 1 aromatic heterocycles. The molecule has 0 aliphatic heterocycles. The Morgan fingerprint density at radius 2 is 2.10 bits per heavy atom. The summed E-state index contributed by atoms with van der Waals surface area (Å²) >= 11 is 1.95. The number of rotatable bonds is 3. The number of benzene rings is 1. The van der Waals surface area contributed by atoms with E-state index in [2.05, 4.69) is 15.7 Å². The van der Waals surface area contributed by atoms with Crippen molar-refractivity contribution in [1.29, 1.82) is 0 Å². The van der Waals surface area contributed by atoms with Crippen molar-refractivity contribution in [3.05, 3.63) is 51.1 Å². The van der Waals surface area contributed by atoms with Gasteiger partial charge in [-0.15, -0.1) is 0 Å². The van der Waals surface area contributed by atoms with Gasteiger partial charge in [0.15, 0.2) is 0 Å². The molecule has 4 N–H and O–H groups in total. The Hall–Kier alpha value is -1.74. The molecule has 7 heteroatoms. The van der Waals surface area contributed by atoms with Crippen LogP contribution in [0.25, 0.3) is 0 Å². The quantitative estimate of drug-likeness (QED) is 0.431. The zero-order valence-corrected chi connectivity index (χ0v) is 12.7. The predicted molar refractivity (Wildman–Crippen MR) is 83.9 cm³/mol. The van der Waals surface area contributed by atoms with Crippen molar-refractivity contribution >= 4 is 39.9 Å². The summed E-state index contributed by atoms with van der Waals surface area (Å²) in [6, 6.07) is 5.80. The van der Waals surface area contributed by atoms with Crippen LogP contribution in [0.3, 0.4) is 0 Å². The molecule has 0 saturated carbocycles. The first-order valence-corrected chi connectivity index (χ1v) is 6.79. The number of halogens is 2. The number of pyridine rings is 1. The molecule has 1 aromatic carbocycles. The van der Waals surface area contributed by atoms with E-state index < -0.39 is 0 Å². The molecule has 0 aliphatic carbocycles. The zero-order valence-electron chi connectivity index (χ0n) is 10.6. The highest BCUT2D eigenvalue weighted by molar-refractivity contribution is 14.1. The molecule has 0 aliphatic rings. The van der Waals surface area contributed by atoms with E-state index in [0.29, 0.717) is 20.5 Å². The minimum atomic E-state index is -0.366. The largest absolute Gasteiger partial charge is 0.323 e. The van der Waals surface area contributed by atoms with Crippen molar-refractivity contribution in [1.82, 2.24) is 4.98 Å². The van der Waals surface area contributed by atoms with E-state index in [1.54, 1.807) is 13.0 Å². The van der Waals surface area contributed by atoms with Crippen LogP contribution in [0.5, 0.6) is 0 Å². The van der Waals surface area contributed by atoms with E-state index >= 15 is 0 Å². The van der Waals surface area contributed by atoms with Gasteiger partial charge in [0.05, 0.1) is 16.9 Å². The second-order valence-electron chi connectivity index (χ2n) is 4.09. The van der Waals surface area contributed by atoms with Gasteiger partial charge in [-0.1, -0.05) is 0 Å². The number of amides is 1. The minimum Gasteiger partial charge on any atom is -0.323 e. The third-order valence-corrected chi connectivity index (χ3v) is 3.51. The molecule has 0 atom stereocenters. The maximum absolute atomic E-state index is 13.0. The van der Waals surface area contributed by atoms with Crippen LogP contribution in [0, 0.1) is 16.3 Å². The van der Waals surface area contributed by atoms with Crippen molar-refractivity contribution in [2.24, 2.45) is 5.84 Å². The Morgan fingerprint density at radius 1 is 1.35 bits per heavy atom. The summed E-state index contributed by atoms with van der Waals surface area (Å²) < 4.78 is 13.6. The van der Waals surface area contributed by atoms with E-state index in [9.17, 15) is 9.18 Å². The lowest BCUT2D eigenvalue weighted by Gasteiger charge is -2.11. The molecule has 0 bridgehead atoms. The van der Waals surface area contributed by atoms with Crippen LogP contribution in [0.15, 0.2) is 30.5 Å². The van der Waals surface area contributed by atoms with Gasteiger partial charge in [-0.2, -0.15) is 0 Å². The number of nitrogens with two attached hydrogens (primary N) is 1. The first-order valence-electron chi connectivity index (χ1n) is 5.71. The van der Waals surface area contributed by atoms with Crippen LogP contribution in [0.1, 0.15) is 16.1 Å². The standard InChI is InChI=1S/C13H12FIN4O/c1-7-4-12(19-16)9(6-17-7)13(20)18-11-3-2-8(14)5-10(11)15/h2-6H,16H2,1H3,(H,17,19)(H,18,20). The zero-order chi connectivity index (χ0) is 14.7. The topological polar surface area (TPSA) is 80.0 Å². The SMILES string of the molecule is Cc1cc(NN)c(C(=O)Nc2ccc(F)cc2I)cn1. The molecule has 0 radical (unpaired) electrons. The number of aryl methyl sites for hydroxylation is 1. The summed E-state index contributed by atoms with van der Waals surface area (Å²) in [7, 11) is 0. The molecule has 5 nitrogen and oxygen atoms in total. The minimum absolute atomic E-state index is 0.318. The Bertz CT molecular complexity index is 663. The smallest absolute Gasteiger partial charge is 0.259 e. The van der Waals surface area contributed by atoms with E-state index in [4.69, 9.17) is 5.84 Å². The third-order valence-electron chi connectivity index (χ3n) is 2.62. The number of carbonyl (C=O) groups excluding carboxylic acids is 1. The van der Waals surface area contributed by atoms with Gasteiger partial charge in [0.25, 0.3) is 5.91 Å². The van der Waals surface area contributed by atoms with Gasteiger partial charge in [0.1, 0.15) is 5.82 Å². The summed E-state index contributed by atoms with van der Waals surface area (Å²) in [5, 5.41) is 2.70. The molecule has 20 heavy (non-hydrogen) atoms. The van der Waals surface area contributed by atoms with Gasteiger partial charge in [-0.05, 0) is 53.8 Å². The van der Waals surface area contributed by atoms with Crippen LogP contribution in [-0.4, -0.2) is 10.9 Å². The van der Waals surface area contributed by atoms with Crippen LogP contribution in [-0.2, 0) is 0 Å². The molecule has 0 saturated heterocycles. The predicted octanol–water partition coefficient (Wildman–Crippen LogP) is 2.67. The lowest BCUT2D eigenvalue weighted by atomic mass is 10.2. The van der Waals surface area contributed by atoms with Gasteiger partial charge >= 0.3 is 0 Å². The van der Waals surface area contributed by atoms with Gasteiger partial charge in [-0.3, -0.25) is 15.6 Å². The van der Waals surface area contributed by atoms with Crippen molar-refractivity contribution < 1.29 is 9.18 Å². The summed E-state index contributed by atoms with van der Waals surface area (Å²) in [5.41, 5.74) is 4.53. The monoisotopic (exact) mass is 386 g/mol. The lowest BCUT2D eigenvalue weighted by Crippen LogP contribution is -2.18. The summed E-state index contributed by atoms with van der Waals surface area (Å²) in [6.07, 6.45) is 1.44. The number of nitrogens with zero attached hydrogens (tertiary/aromatic N) is 1. The maximum Gasteiger partial charge on any atom is 0.259 e. The van der Waals surface area contributed by atoms with Crippen LogP contribution >= 0.6 is 22.6 Å². The highest BCUT2D eigenvalue weighted by Gasteiger charge is 2.13. The summed E-state index contributed by atoms with van der Waals surface area (Å²) in [5.74, 6) is 4.67. The number of carbonyl (C=O) groups is 1. The van der Waals surface area contributed by atoms with Crippen molar-refractivity contribution in [3.63, 3.8) is 0 Å². The molecule has 0 spiro atoms. The second-order valence-corrected chi connectivity index (χ2v) is 5.26. The summed E-state index contributed by atoms with van der Waals surface area (Å²) in [4.78, 5) is 16.3. The molecule has 0 unspecified atom stereocenters. The Labute approximate surface area is 128 Å². The second kappa shape index (κ2) is 6.14. The number of nitrogens with one attached hydrogen (secondary N) is 2. The Balaban J connectivity index is 2.28. The number of nitrogen functional groups attached to an aromatic ring is 1. The normalized spacial score (nSPS) is 10.2. The van der Waals surface area contributed by atoms with Crippen molar-refractivity contribution in [2.45, 2.75) is 6.92 Å². The van der Waals surface area contributed by atoms with Crippen LogP contribution in [0.4, 0.5) is 15.8 Å². The number of anilines is 2. The average Bonchev–Trinajstić information content (AvgIpc) is 2.41. The Kier molecular flexibility index (Phi) is 4.50. The molecule has 2 aromatic rings. The first-order chi connectivity index (χ1) is 9.51. The highest BCUT2D eigenvalue weighted by Crippen LogP contribution is 2.21. The average molecular weight is 386 g/mol. The van der Waals surface area contributed by atoms with Gasteiger partial charge < -0.3 is 10.7 Å². The number of aromatic nitrogens is 1. The molecular formula is C13H12FIN4O. The Morgan fingerprint density at radius 3 is 2.75 bits per heavy atom. The fraction of sp³-hybridized carbons (Fsp3) is 0.0769. The molecule has 104 valence electrons. The van der Waals surface area contributed by atoms with E-state index in [-0.39, 0.29) is 11.7 Å². The van der Waals surface area contributed by atoms with E-state index in [1.807, 2.05) is 22.6 Å². The molecule has 0 fully saturated rings. The highest BCUT2D eigenvalue weighted by atomic mass is 127. The molecule has 1 heterocycles. The molecule has 1 amide bonds. The van der Waals surface area contributed by atoms with Crippen LogP contribution < -0.4 is 16.6 Å². The van der Waals surface area contributed by atoms with E-state index in [0.717, 1.165) is 5.69 Å². The summed E-state index contributed by atoms with van der Waals surface area (Å²) in [6.45, 7) is 1.80. The van der Waals surface area contributed by atoms with Gasteiger partial charge in [0, 0.05) is 15.5 Å². The number of hydrogen-bond donors (Lipinski definition) is 3. The van der Waals surface area contributed by atoms with Crippen molar-refractivity contribution in [2.75, 3.05) is 10.7 Å². The van der Waals surface area contributed by atoms with Crippen molar-refractivity contribution in [3.8, 4) is 0 Å².